The first-order valence-corrected chi connectivity index (χ1v) is 6.69. The van der Waals surface area contributed by atoms with Gasteiger partial charge in [-0.15, -0.1) is 12.4 Å². The number of hydrogen-bond donors (Lipinski definition) is 1. The number of benzene rings is 1. The second-order valence-electron chi connectivity index (χ2n) is 4.32. The number of carbonyl (C=O) groups excluding carboxylic acids is 1. The Morgan fingerprint density at radius 2 is 1.81 bits per heavy atom. The summed E-state index contributed by atoms with van der Waals surface area (Å²) < 4.78 is 5.39. The highest BCUT2D eigenvalue weighted by Gasteiger charge is 2.03. The van der Waals surface area contributed by atoms with E-state index in [1.807, 2.05) is 31.2 Å². The number of nitrogens with one attached hydrogen (secondary N) is 1. The van der Waals surface area contributed by atoms with E-state index in [2.05, 4.69) is 10.3 Å². The zero-order chi connectivity index (χ0) is 14.2. The summed E-state index contributed by atoms with van der Waals surface area (Å²) in [5.74, 6) is 0.801. The van der Waals surface area contributed by atoms with Crippen molar-refractivity contribution in [3.63, 3.8) is 0 Å². The Labute approximate surface area is 131 Å². The van der Waals surface area contributed by atoms with Gasteiger partial charge in [0.05, 0.1) is 6.61 Å². The van der Waals surface area contributed by atoms with Crippen LogP contribution in [0.3, 0.4) is 0 Å². The molecule has 2 rings (SSSR count). The number of hydrogen-bond acceptors (Lipinski definition) is 3. The predicted octanol–water partition coefficient (Wildman–Crippen LogP) is 2.87. The Hall–Kier alpha value is -2.07. The summed E-state index contributed by atoms with van der Waals surface area (Å²) in [6, 6.07) is 11.3. The van der Waals surface area contributed by atoms with Crippen LogP contribution >= 0.6 is 12.4 Å². The van der Waals surface area contributed by atoms with E-state index in [0.717, 1.165) is 12.2 Å². The number of nitrogens with zero attached hydrogens (tertiary/aromatic N) is 1. The van der Waals surface area contributed by atoms with Gasteiger partial charge in [-0.1, -0.05) is 12.1 Å². The molecule has 1 N–H and O–H groups in total. The summed E-state index contributed by atoms with van der Waals surface area (Å²) in [7, 11) is 0. The average molecular weight is 307 g/mol. The largest absolute Gasteiger partial charge is 0.494 e. The highest BCUT2D eigenvalue weighted by atomic mass is 35.5. The summed E-state index contributed by atoms with van der Waals surface area (Å²) in [6.07, 6.45) is 4.02. The van der Waals surface area contributed by atoms with Gasteiger partial charge in [0.25, 0.3) is 5.91 Å². The van der Waals surface area contributed by atoms with E-state index >= 15 is 0 Å². The molecule has 0 saturated heterocycles. The van der Waals surface area contributed by atoms with Gasteiger partial charge in [-0.3, -0.25) is 9.78 Å². The standard InChI is InChI=1S/C16H18N2O2.ClH/c1-2-20-15-5-3-13(4-6-15)7-12-18-16(19)14-8-10-17-11-9-14;/h3-6,8-11H,2,7,12H2,1H3,(H,18,19);1H. The lowest BCUT2D eigenvalue weighted by molar-refractivity contribution is 0.0954. The molecule has 0 spiro atoms. The van der Waals surface area contributed by atoms with Gasteiger partial charge >= 0.3 is 0 Å². The van der Waals surface area contributed by atoms with Gasteiger partial charge in [0, 0.05) is 24.5 Å². The van der Waals surface area contributed by atoms with Crippen LogP contribution in [0.1, 0.15) is 22.8 Å². The second-order valence-corrected chi connectivity index (χ2v) is 4.32. The number of pyridine rings is 1. The molecule has 0 aliphatic heterocycles. The summed E-state index contributed by atoms with van der Waals surface area (Å²) in [5, 5.41) is 2.89. The van der Waals surface area contributed by atoms with E-state index < -0.39 is 0 Å². The zero-order valence-electron chi connectivity index (χ0n) is 11.9. The number of rotatable bonds is 6. The molecule has 1 aromatic heterocycles. The molecule has 1 heterocycles. The molecule has 21 heavy (non-hydrogen) atoms. The van der Waals surface area contributed by atoms with Crippen LogP contribution in [0, 0.1) is 0 Å². The third-order valence-corrected chi connectivity index (χ3v) is 2.88. The van der Waals surface area contributed by atoms with Crippen LogP contribution in [0.15, 0.2) is 48.8 Å². The van der Waals surface area contributed by atoms with E-state index in [4.69, 9.17) is 4.74 Å². The van der Waals surface area contributed by atoms with Crippen molar-refractivity contribution < 1.29 is 9.53 Å². The molecular weight excluding hydrogens is 288 g/mol. The van der Waals surface area contributed by atoms with Crippen LogP contribution in [0.2, 0.25) is 0 Å². The van der Waals surface area contributed by atoms with Gasteiger partial charge in [-0.25, -0.2) is 0 Å². The van der Waals surface area contributed by atoms with E-state index in [-0.39, 0.29) is 18.3 Å². The maximum Gasteiger partial charge on any atom is 0.251 e. The molecule has 0 saturated carbocycles. The lowest BCUT2D eigenvalue weighted by Gasteiger charge is -2.06. The van der Waals surface area contributed by atoms with Crippen molar-refractivity contribution >= 4 is 18.3 Å². The minimum Gasteiger partial charge on any atom is -0.494 e. The van der Waals surface area contributed by atoms with Gasteiger partial charge in [-0.2, -0.15) is 0 Å². The quantitative estimate of drug-likeness (QED) is 0.893. The number of amides is 1. The first-order valence-electron chi connectivity index (χ1n) is 6.69. The summed E-state index contributed by atoms with van der Waals surface area (Å²) in [4.78, 5) is 15.7. The molecule has 0 bridgehead atoms. The van der Waals surface area contributed by atoms with Crippen LogP contribution in [-0.4, -0.2) is 24.0 Å². The van der Waals surface area contributed by atoms with Crippen LogP contribution < -0.4 is 10.1 Å². The van der Waals surface area contributed by atoms with Crippen molar-refractivity contribution in [2.45, 2.75) is 13.3 Å². The van der Waals surface area contributed by atoms with E-state index in [1.165, 1.54) is 5.56 Å². The molecule has 0 aliphatic rings. The molecule has 0 unspecified atom stereocenters. The molecular formula is C16H19ClN2O2. The molecule has 112 valence electrons. The third-order valence-electron chi connectivity index (χ3n) is 2.88. The maximum absolute atomic E-state index is 11.8. The van der Waals surface area contributed by atoms with Gasteiger partial charge in [0.15, 0.2) is 0 Å². The van der Waals surface area contributed by atoms with Crippen molar-refractivity contribution in [3.05, 3.63) is 59.9 Å². The molecule has 0 fully saturated rings. The SMILES string of the molecule is CCOc1ccc(CCNC(=O)c2ccncc2)cc1.Cl. The first kappa shape index (κ1) is 17.0. The lowest BCUT2D eigenvalue weighted by Crippen LogP contribution is -2.25. The summed E-state index contributed by atoms with van der Waals surface area (Å²) in [5.41, 5.74) is 1.80. The number of carbonyl (C=O) groups is 1. The first-order chi connectivity index (χ1) is 9.79. The molecule has 2 aromatic rings. The van der Waals surface area contributed by atoms with E-state index in [1.54, 1.807) is 24.5 Å². The van der Waals surface area contributed by atoms with E-state index in [0.29, 0.717) is 18.7 Å². The Balaban J connectivity index is 0.00000220. The minimum absolute atomic E-state index is 0. The van der Waals surface area contributed by atoms with Gasteiger partial charge in [0.1, 0.15) is 5.75 Å². The van der Waals surface area contributed by atoms with Crippen LogP contribution in [-0.2, 0) is 6.42 Å². The number of ether oxygens (including phenoxy) is 1. The Morgan fingerprint density at radius 3 is 2.43 bits per heavy atom. The van der Waals surface area contributed by atoms with Crippen LogP contribution in [0.5, 0.6) is 5.75 Å². The van der Waals surface area contributed by atoms with Crippen molar-refractivity contribution in [1.29, 1.82) is 0 Å². The monoisotopic (exact) mass is 306 g/mol. The molecule has 4 nitrogen and oxygen atoms in total. The second kappa shape index (κ2) is 8.97. The van der Waals surface area contributed by atoms with Crippen LogP contribution in [0.4, 0.5) is 0 Å². The molecule has 1 amide bonds. The molecule has 0 atom stereocenters. The topological polar surface area (TPSA) is 51.2 Å². The summed E-state index contributed by atoms with van der Waals surface area (Å²) in [6.45, 7) is 3.24. The number of aromatic nitrogens is 1. The minimum atomic E-state index is -0.0710. The van der Waals surface area contributed by atoms with Crippen molar-refractivity contribution in [2.24, 2.45) is 0 Å². The van der Waals surface area contributed by atoms with Crippen molar-refractivity contribution in [3.8, 4) is 5.75 Å². The zero-order valence-corrected chi connectivity index (χ0v) is 12.7. The average Bonchev–Trinajstić information content (AvgIpc) is 2.50. The third kappa shape index (κ3) is 5.44. The summed E-state index contributed by atoms with van der Waals surface area (Å²) >= 11 is 0. The van der Waals surface area contributed by atoms with Crippen molar-refractivity contribution in [1.82, 2.24) is 10.3 Å². The lowest BCUT2D eigenvalue weighted by atomic mass is 10.1. The van der Waals surface area contributed by atoms with Gasteiger partial charge in [-0.05, 0) is 43.2 Å². The van der Waals surface area contributed by atoms with E-state index in [9.17, 15) is 4.79 Å². The highest BCUT2D eigenvalue weighted by molar-refractivity contribution is 5.93. The fraction of sp³-hybridized carbons (Fsp3) is 0.250. The molecule has 0 radical (unpaired) electrons. The molecule has 1 aromatic carbocycles. The normalized spacial score (nSPS) is 9.57. The van der Waals surface area contributed by atoms with Gasteiger partial charge < -0.3 is 10.1 Å². The maximum atomic E-state index is 11.8. The fourth-order valence-corrected chi connectivity index (χ4v) is 1.84. The predicted molar refractivity (Wildman–Crippen MR) is 85.1 cm³/mol. The van der Waals surface area contributed by atoms with Crippen molar-refractivity contribution in [2.75, 3.05) is 13.2 Å². The fourth-order valence-electron chi connectivity index (χ4n) is 1.84. The molecule has 0 aliphatic carbocycles. The van der Waals surface area contributed by atoms with Crippen LogP contribution in [0.25, 0.3) is 0 Å². The highest BCUT2D eigenvalue weighted by Crippen LogP contribution is 2.12. The molecule has 5 heteroatoms. The smallest absolute Gasteiger partial charge is 0.251 e. The Morgan fingerprint density at radius 1 is 1.14 bits per heavy atom. The number of halogens is 1. The Kier molecular flexibility index (Phi) is 7.26. The Bertz CT molecular complexity index is 544. The van der Waals surface area contributed by atoms with Gasteiger partial charge in [0.2, 0.25) is 0 Å².